The van der Waals surface area contributed by atoms with Crippen molar-refractivity contribution in [3.8, 4) is 5.75 Å². The number of rotatable bonds is 9. The van der Waals surface area contributed by atoms with Crippen LogP contribution in [0.4, 0.5) is 5.82 Å². The molecule has 1 aliphatic rings. The van der Waals surface area contributed by atoms with Crippen molar-refractivity contribution in [3.05, 3.63) is 77.7 Å². The van der Waals surface area contributed by atoms with E-state index in [1.54, 1.807) is 12.3 Å². The van der Waals surface area contributed by atoms with Gasteiger partial charge in [0.2, 0.25) is 0 Å². The van der Waals surface area contributed by atoms with Crippen molar-refractivity contribution >= 4 is 16.8 Å². The van der Waals surface area contributed by atoms with Crippen LogP contribution in [0.15, 0.2) is 69.8 Å². The molecule has 1 unspecified atom stereocenters. The van der Waals surface area contributed by atoms with Gasteiger partial charge >= 0.3 is 0 Å². The number of ether oxygens (including phenoxy) is 1. The van der Waals surface area contributed by atoms with Crippen LogP contribution in [0.3, 0.4) is 0 Å². The van der Waals surface area contributed by atoms with E-state index in [-0.39, 0.29) is 6.04 Å². The lowest BCUT2D eigenvalue weighted by Crippen LogP contribution is -2.05. The highest BCUT2D eigenvalue weighted by Gasteiger charge is 2.21. The van der Waals surface area contributed by atoms with E-state index in [0.29, 0.717) is 5.82 Å². The van der Waals surface area contributed by atoms with E-state index in [1.807, 2.05) is 6.92 Å². The van der Waals surface area contributed by atoms with Gasteiger partial charge in [0.25, 0.3) is 0 Å². The topological polar surface area (TPSA) is 60.4 Å². The van der Waals surface area contributed by atoms with Crippen LogP contribution in [-0.2, 0) is 12.8 Å². The van der Waals surface area contributed by atoms with Gasteiger partial charge in [-0.15, -0.1) is 0 Å². The SMILES string of the molecule is CC(Nc1ccon1)c1cc2ccc(CCc3ccc(OCC4CC4)cc3)cc2o1. The van der Waals surface area contributed by atoms with Crippen molar-refractivity contribution in [2.75, 3.05) is 11.9 Å². The van der Waals surface area contributed by atoms with Gasteiger partial charge in [-0.05, 0) is 73.9 Å². The molecular formula is C25H26N2O3. The molecule has 0 radical (unpaired) electrons. The third-order valence-electron chi connectivity index (χ3n) is 5.64. The summed E-state index contributed by atoms with van der Waals surface area (Å²) in [7, 11) is 0. The van der Waals surface area contributed by atoms with Crippen LogP contribution < -0.4 is 10.1 Å². The number of nitrogens with zero attached hydrogens (tertiary/aromatic N) is 1. The predicted molar refractivity (Wildman–Crippen MR) is 117 cm³/mol. The first-order valence-corrected chi connectivity index (χ1v) is 10.6. The number of benzene rings is 2. The second-order valence-corrected chi connectivity index (χ2v) is 8.17. The summed E-state index contributed by atoms with van der Waals surface area (Å²) >= 11 is 0. The number of fused-ring (bicyclic) bond motifs is 1. The van der Waals surface area contributed by atoms with Crippen LogP contribution in [0.2, 0.25) is 0 Å². The molecule has 1 saturated carbocycles. The Morgan fingerprint density at radius 1 is 1.03 bits per heavy atom. The number of aryl methyl sites for hydroxylation is 2. The molecule has 4 aromatic rings. The van der Waals surface area contributed by atoms with Gasteiger partial charge in [-0.2, -0.15) is 0 Å². The average molecular weight is 402 g/mol. The monoisotopic (exact) mass is 402 g/mol. The molecule has 0 spiro atoms. The summed E-state index contributed by atoms with van der Waals surface area (Å²) in [5, 5.41) is 8.28. The highest BCUT2D eigenvalue weighted by Crippen LogP contribution is 2.30. The van der Waals surface area contributed by atoms with E-state index in [9.17, 15) is 0 Å². The minimum atomic E-state index is 0.00611. The summed E-state index contributed by atoms with van der Waals surface area (Å²) in [6, 6.07) is 18.9. The molecule has 30 heavy (non-hydrogen) atoms. The normalized spacial score (nSPS) is 14.7. The van der Waals surface area contributed by atoms with Gasteiger partial charge in [-0.1, -0.05) is 29.4 Å². The largest absolute Gasteiger partial charge is 0.493 e. The Labute approximate surface area is 176 Å². The van der Waals surface area contributed by atoms with Crippen LogP contribution in [0.5, 0.6) is 5.75 Å². The molecule has 1 aliphatic carbocycles. The molecule has 5 nitrogen and oxygen atoms in total. The summed E-state index contributed by atoms with van der Waals surface area (Å²) in [6.07, 6.45) is 6.15. The predicted octanol–water partition coefficient (Wildman–Crippen LogP) is 6.17. The zero-order chi connectivity index (χ0) is 20.3. The van der Waals surface area contributed by atoms with Crippen molar-refractivity contribution in [1.29, 1.82) is 0 Å². The number of nitrogens with one attached hydrogen (secondary N) is 1. The maximum atomic E-state index is 6.10. The lowest BCUT2D eigenvalue weighted by molar-refractivity contribution is 0.299. The third kappa shape index (κ3) is 4.51. The number of aromatic nitrogens is 1. The standard InChI is InChI=1S/C25H26N2O3/c1-17(26-25-12-13-29-27-25)23-15-21-9-6-19(14-24(21)30-23)3-2-18-7-10-22(11-8-18)28-16-20-4-5-20/h6-15,17,20H,2-5,16H2,1H3,(H,26,27). The molecule has 0 aliphatic heterocycles. The average Bonchev–Trinajstić information content (AvgIpc) is 3.27. The first-order chi connectivity index (χ1) is 14.7. The van der Waals surface area contributed by atoms with Crippen molar-refractivity contribution < 1.29 is 13.7 Å². The van der Waals surface area contributed by atoms with Gasteiger partial charge in [0.05, 0.1) is 12.6 Å². The molecule has 0 bridgehead atoms. The number of hydrogen-bond donors (Lipinski definition) is 1. The minimum Gasteiger partial charge on any atom is -0.493 e. The second-order valence-electron chi connectivity index (χ2n) is 8.17. The Balaban J connectivity index is 1.20. The summed E-state index contributed by atoms with van der Waals surface area (Å²) in [5.74, 6) is 3.34. The highest BCUT2D eigenvalue weighted by atomic mass is 16.5. The first-order valence-electron chi connectivity index (χ1n) is 10.6. The molecule has 5 rings (SSSR count). The number of hydrogen-bond acceptors (Lipinski definition) is 5. The quantitative estimate of drug-likeness (QED) is 0.363. The summed E-state index contributed by atoms with van der Waals surface area (Å²) in [5.41, 5.74) is 3.51. The van der Waals surface area contributed by atoms with E-state index in [1.165, 1.54) is 24.0 Å². The lowest BCUT2D eigenvalue weighted by Gasteiger charge is -2.08. The molecule has 1 atom stereocenters. The molecule has 0 amide bonds. The Morgan fingerprint density at radius 2 is 1.83 bits per heavy atom. The van der Waals surface area contributed by atoms with Gasteiger partial charge in [0.15, 0.2) is 5.82 Å². The zero-order valence-electron chi connectivity index (χ0n) is 17.1. The maximum Gasteiger partial charge on any atom is 0.169 e. The van der Waals surface area contributed by atoms with E-state index in [4.69, 9.17) is 13.7 Å². The zero-order valence-corrected chi connectivity index (χ0v) is 17.1. The van der Waals surface area contributed by atoms with Crippen LogP contribution in [0, 0.1) is 5.92 Å². The summed E-state index contributed by atoms with van der Waals surface area (Å²) in [6.45, 7) is 2.91. The van der Waals surface area contributed by atoms with Gasteiger partial charge in [-0.25, -0.2) is 0 Å². The molecular weight excluding hydrogens is 376 g/mol. The van der Waals surface area contributed by atoms with E-state index in [0.717, 1.165) is 47.8 Å². The maximum absolute atomic E-state index is 6.10. The van der Waals surface area contributed by atoms with Crippen molar-refractivity contribution in [1.82, 2.24) is 5.16 Å². The highest BCUT2D eigenvalue weighted by molar-refractivity contribution is 5.78. The Kier molecular flexibility index (Phi) is 5.18. The van der Waals surface area contributed by atoms with Crippen LogP contribution in [0.25, 0.3) is 11.0 Å². The van der Waals surface area contributed by atoms with Gasteiger partial charge in [0.1, 0.15) is 23.4 Å². The van der Waals surface area contributed by atoms with Gasteiger partial charge in [0, 0.05) is 11.5 Å². The Bertz CT molecular complexity index is 1100. The second kappa shape index (κ2) is 8.27. The molecule has 2 aromatic carbocycles. The van der Waals surface area contributed by atoms with Gasteiger partial charge < -0.3 is 19.0 Å². The minimum absolute atomic E-state index is 0.00611. The van der Waals surface area contributed by atoms with Crippen LogP contribution in [-0.4, -0.2) is 11.8 Å². The number of furan rings is 1. The van der Waals surface area contributed by atoms with E-state index in [2.05, 4.69) is 59.0 Å². The molecule has 5 heteroatoms. The fourth-order valence-electron chi connectivity index (χ4n) is 3.58. The van der Waals surface area contributed by atoms with E-state index >= 15 is 0 Å². The molecule has 1 N–H and O–H groups in total. The summed E-state index contributed by atoms with van der Waals surface area (Å²) < 4.78 is 16.8. The molecule has 0 saturated heterocycles. The summed E-state index contributed by atoms with van der Waals surface area (Å²) in [4.78, 5) is 0. The Morgan fingerprint density at radius 3 is 2.60 bits per heavy atom. The molecule has 1 fully saturated rings. The van der Waals surface area contributed by atoms with Gasteiger partial charge in [-0.3, -0.25) is 0 Å². The van der Waals surface area contributed by atoms with Crippen LogP contribution >= 0.6 is 0 Å². The van der Waals surface area contributed by atoms with Crippen molar-refractivity contribution in [2.45, 2.75) is 38.6 Å². The van der Waals surface area contributed by atoms with Crippen LogP contribution in [0.1, 0.15) is 42.7 Å². The Hall–Kier alpha value is -3.21. The molecule has 2 heterocycles. The molecule has 2 aromatic heterocycles. The fourth-order valence-corrected chi connectivity index (χ4v) is 3.58. The third-order valence-corrected chi connectivity index (χ3v) is 5.64. The number of anilines is 1. The van der Waals surface area contributed by atoms with Crippen molar-refractivity contribution in [3.63, 3.8) is 0 Å². The first kappa shape index (κ1) is 18.8. The fraction of sp³-hybridized carbons (Fsp3) is 0.320. The lowest BCUT2D eigenvalue weighted by atomic mass is 10.0. The van der Waals surface area contributed by atoms with E-state index < -0.39 is 0 Å². The smallest absolute Gasteiger partial charge is 0.169 e. The molecule has 154 valence electrons. The van der Waals surface area contributed by atoms with Crippen molar-refractivity contribution in [2.24, 2.45) is 5.92 Å².